The second-order valence-electron chi connectivity index (χ2n) is 7.84. The van der Waals surface area contributed by atoms with E-state index in [0.717, 1.165) is 13.1 Å². The van der Waals surface area contributed by atoms with E-state index in [1.165, 1.54) is 24.8 Å². The average molecular weight is 262 g/mol. The maximum absolute atomic E-state index is 3.77. The van der Waals surface area contributed by atoms with Crippen molar-refractivity contribution in [2.24, 2.45) is 10.8 Å². The summed E-state index contributed by atoms with van der Waals surface area (Å²) in [6.45, 7) is 13.9. The van der Waals surface area contributed by atoms with Crippen LogP contribution in [-0.4, -0.2) is 10.6 Å². The maximum atomic E-state index is 3.77. The first kappa shape index (κ1) is 14.6. The highest BCUT2D eigenvalue weighted by atomic mass is 15.0. The number of aromatic nitrogens is 1. The average Bonchev–Trinajstić information content (AvgIpc) is 2.70. The van der Waals surface area contributed by atoms with Crippen molar-refractivity contribution in [3.8, 4) is 0 Å². The van der Waals surface area contributed by atoms with Gasteiger partial charge in [0, 0.05) is 31.5 Å². The fourth-order valence-electron chi connectivity index (χ4n) is 4.04. The van der Waals surface area contributed by atoms with E-state index in [1.807, 2.05) is 0 Å². The molecule has 2 rings (SSSR count). The molecule has 0 aromatic carbocycles. The number of hydrogen-bond donors (Lipinski definition) is 1. The van der Waals surface area contributed by atoms with Crippen LogP contribution in [0.1, 0.15) is 59.4 Å². The Morgan fingerprint density at radius 2 is 1.84 bits per heavy atom. The second-order valence-corrected chi connectivity index (χ2v) is 7.84. The van der Waals surface area contributed by atoms with Gasteiger partial charge in [0.15, 0.2) is 0 Å². The summed E-state index contributed by atoms with van der Waals surface area (Å²) >= 11 is 0. The molecule has 1 saturated carbocycles. The lowest BCUT2D eigenvalue weighted by atomic mass is 9.63. The summed E-state index contributed by atoms with van der Waals surface area (Å²) in [7, 11) is 0. The van der Waals surface area contributed by atoms with Crippen LogP contribution in [0.2, 0.25) is 0 Å². The lowest BCUT2D eigenvalue weighted by molar-refractivity contribution is 0.0845. The third-order valence-electron chi connectivity index (χ3n) is 4.33. The molecule has 0 bridgehead atoms. The third kappa shape index (κ3) is 4.10. The molecule has 0 unspecified atom stereocenters. The number of hydrogen-bond acceptors (Lipinski definition) is 1. The van der Waals surface area contributed by atoms with Gasteiger partial charge >= 0.3 is 0 Å². The Morgan fingerprint density at radius 3 is 2.37 bits per heavy atom. The molecule has 0 radical (unpaired) electrons. The quantitative estimate of drug-likeness (QED) is 0.860. The molecular weight excluding hydrogens is 232 g/mol. The first-order valence-electron chi connectivity index (χ1n) is 7.68. The van der Waals surface area contributed by atoms with Crippen LogP contribution in [0, 0.1) is 10.8 Å². The number of nitrogens with zero attached hydrogens (tertiary/aromatic N) is 1. The van der Waals surface area contributed by atoms with E-state index in [4.69, 9.17) is 0 Å². The second kappa shape index (κ2) is 5.32. The first-order valence-corrected chi connectivity index (χ1v) is 7.68. The van der Waals surface area contributed by atoms with Gasteiger partial charge < -0.3 is 9.88 Å². The van der Waals surface area contributed by atoms with Crippen LogP contribution in [0.15, 0.2) is 18.5 Å². The van der Waals surface area contributed by atoms with Crippen LogP contribution >= 0.6 is 0 Å². The summed E-state index contributed by atoms with van der Waals surface area (Å²) in [5.74, 6) is 0. The third-order valence-corrected chi connectivity index (χ3v) is 4.33. The van der Waals surface area contributed by atoms with Crippen molar-refractivity contribution in [1.82, 2.24) is 9.88 Å². The van der Waals surface area contributed by atoms with Gasteiger partial charge in [-0.3, -0.25) is 0 Å². The Balaban J connectivity index is 1.91. The van der Waals surface area contributed by atoms with E-state index in [-0.39, 0.29) is 0 Å². The molecule has 1 aromatic heterocycles. The normalized spacial score (nSPS) is 22.6. The minimum atomic E-state index is 0.467. The van der Waals surface area contributed by atoms with E-state index >= 15 is 0 Å². The van der Waals surface area contributed by atoms with Crippen molar-refractivity contribution in [3.05, 3.63) is 24.0 Å². The highest BCUT2D eigenvalue weighted by Crippen LogP contribution is 2.45. The molecule has 2 nitrogen and oxygen atoms in total. The summed E-state index contributed by atoms with van der Waals surface area (Å²) in [5.41, 5.74) is 2.34. The molecule has 0 spiro atoms. The smallest absolute Gasteiger partial charge is 0.0223 e. The monoisotopic (exact) mass is 262 g/mol. The van der Waals surface area contributed by atoms with Crippen LogP contribution in [0.4, 0.5) is 0 Å². The molecule has 1 aromatic rings. The molecule has 19 heavy (non-hydrogen) atoms. The molecule has 108 valence electrons. The zero-order chi connectivity index (χ0) is 14.1. The topological polar surface area (TPSA) is 17.0 Å². The summed E-state index contributed by atoms with van der Waals surface area (Å²) < 4.78 is 2.24. The lowest BCUT2D eigenvalue weighted by Crippen LogP contribution is -2.43. The van der Waals surface area contributed by atoms with Crippen molar-refractivity contribution >= 4 is 0 Å². The Bertz CT molecular complexity index is 399. The SMILES string of the molecule is CCn1ccc(CNC2CC(C)(C)CC(C)(C)C2)c1. The van der Waals surface area contributed by atoms with Crippen molar-refractivity contribution in [3.63, 3.8) is 0 Å². The highest BCUT2D eigenvalue weighted by molar-refractivity contribution is 5.10. The highest BCUT2D eigenvalue weighted by Gasteiger charge is 2.38. The zero-order valence-corrected chi connectivity index (χ0v) is 13.3. The number of aryl methyl sites for hydroxylation is 1. The molecule has 0 amide bonds. The van der Waals surface area contributed by atoms with Crippen molar-refractivity contribution < 1.29 is 0 Å². The minimum absolute atomic E-state index is 0.467. The van der Waals surface area contributed by atoms with Crippen LogP contribution in [0.5, 0.6) is 0 Å². The molecule has 1 N–H and O–H groups in total. The lowest BCUT2D eigenvalue weighted by Gasteiger charge is -2.45. The summed E-state index contributed by atoms with van der Waals surface area (Å²) in [6, 6.07) is 2.89. The predicted octanol–water partition coefficient (Wildman–Crippen LogP) is 4.20. The molecule has 1 aliphatic rings. The van der Waals surface area contributed by atoms with Crippen LogP contribution < -0.4 is 5.32 Å². The fourth-order valence-corrected chi connectivity index (χ4v) is 4.04. The van der Waals surface area contributed by atoms with Crippen molar-refractivity contribution in [2.75, 3.05) is 0 Å². The molecule has 2 heteroatoms. The van der Waals surface area contributed by atoms with E-state index in [2.05, 4.69) is 63.0 Å². The predicted molar refractivity (Wildman–Crippen MR) is 82.1 cm³/mol. The minimum Gasteiger partial charge on any atom is -0.354 e. The van der Waals surface area contributed by atoms with Crippen molar-refractivity contribution in [1.29, 1.82) is 0 Å². The van der Waals surface area contributed by atoms with Gasteiger partial charge in [0.05, 0.1) is 0 Å². The summed E-state index contributed by atoms with van der Waals surface area (Å²) in [5, 5.41) is 3.77. The summed E-state index contributed by atoms with van der Waals surface area (Å²) in [4.78, 5) is 0. The van der Waals surface area contributed by atoms with Gasteiger partial charge in [-0.1, -0.05) is 27.7 Å². The van der Waals surface area contributed by atoms with E-state index < -0.39 is 0 Å². The van der Waals surface area contributed by atoms with E-state index in [0.29, 0.717) is 16.9 Å². The molecule has 1 heterocycles. The Hall–Kier alpha value is -0.760. The maximum Gasteiger partial charge on any atom is 0.0223 e. The number of nitrogens with one attached hydrogen (secondary N) is 1. The summed E-state index contributed by atoms with van der Waals surface area (Å²) in [6.07, 6.45) is 8.36. The Labute approximate surface area is 118 Å². The molecular formula is C17H30N2. The van der Waals surface area contributed by atoms with Crippen LogP contribution in [0.3, 0.4) is 0 Å². The van der Waals surface area contributed by atoms with Crippen molar-refractivity contribution in [2.45, 2.75) is 73.0 Å². The Kier molecular flexibility index (Phi) is 4.10. The zero-order valence-electron chi connectivity index (χ0n) is 13.3. The molecule has 1 aliphatic carbocycles. The standard InChI is InChI=1S/C17H30N2/c1-6-19-8-7-14(12-19)11-18-15-9-16(2,3)13-17(4,5)10-15/h7-8,12,15,18H,6,9-11,13H2,1-5H3. The van der Waals surface area contributed by atoms with E-state index in [1.54, 1.807) is 0 Å². The van der Waals surface area contributed by atoms with Gasteiger partial charge in [-0.25, -0.2) is 0 Å². The molecule has 0 aliphatic heterocycles. The van der Waals surface area contributed by atoms with Crippen LogP contribution in [-0.2, 0) is 13.1 Å². The molecule has 0 saturated heterocycles. The largest absolute Gasteiger partial charge is 0.354 e. The van der Waals surface area contributed by atoms with Crippen LogP contribution in [0.25, 0.3) is 0 Å². The van der Waals surface area contributed by atoms with Gasteiger partial charge in [0.1, 0.15) is 0 Å². The van der Waals surface area contributed by atoms with Gasteiger partial charge in [0.2, 0.25) is 0 Å². The van der Waals surface area contributed by atoms with E-state index in [9.17, 15) is 0 Å². The molecule has 1 fully saturated rings. The first-order chi connectivity index (χ1) is 8.80. The fraction of sp³-hybridized carbons (Fsp3) is 0.765. The Morgan fingerprint density at radius 1 is 1.21 bits per heavy atom. The van der Waals surface area contributed by atoms with Gasteiger partial charge in [0.25, 0.3) is 0 Å². The number of rotatable bonds is 4. The van der Waals surface area contributed by atoms with Gasteiger partial charge in [-0.15, -0.1) is 0 Å². The molecule has 0 atom stereocenters. The van der Waals surface area contributed by atoms with Gasteiger partial charge in [-0.2, -0.15) is 0 Å². The van der Waals surface area contributed by atoms with Gasteiger partial charge in [-0.05, 0) is 48.6 Å².